The maximum atomic E-state index is 5.87. The van der Waals surface area contributed by atoms with Crippen LogP contribution in [0.25, 0.3) is 0 Å². The summed E-state index contributed by atoms with van der Waals surface area (Å²) in [5, 5.41) is 3.40. The quantitative estimate of drug-likeness (QED) is 0.788. The van der Waals surface area contributed by atoms with Crippen molar-refractivity contribution in [3.05, 3.63) is 18.2 Å². The van der Waals surface area contributed by atoms with Gasteiger partial charge >= 0.3 is 0 Å². The number of ether oxygens (including phenoxy) is 2. The Morgan fingerprint density at radius 2 is 2.28 bits per heavy atom. The molecule has 3 N–H and O–H groups in total. The van der Waals surface area contributed by atoms with Crippen molar-refractivity contribution in [3.63, 3.8) is 0 Å². The van der Waals surface area contributed by atoms with Gasteiger partial charge in [-0.3, -0.25) is 0 Å². The Bertz CT molecular complexity index is 387. The zero-order valence-electron chi connectivity index (χ0n) is 11.1. The van der Waals surface area contributed by atoms with Crippen LogP contribution < -0.4 is 15.8 Å². The van der Waals surface area contributed by atoms with Gasteiger partial charge in [0.15, 0.2) is 0 Å². The first-order valence-corrected chi connectivity index (χ1v) is 6.52. The van der Waals surface area contributed by atoms with E-state index in [0.29, 0.717) is 5.92 Å². The van der Waals surface area contributed by atoms with E-state index < -0.39 is 0 Å². The van der Waals surface area contributed by atoms with E-state index in [1.165, 1.54) is 0 Å². The van der Waals surface area contributed by atoms with Crippen molar-refractivity contribution in [2.45, 2.75) is 26.4 Å². The van der Waals surface area contributed by atoms with Gasteiger partial charge in [0.2, 0.25) is 0 Å². The lowest BCUT2D eigenvalue weighted by atomic mass is 10.1. The van der Waals surface area contributed by atoms with Crippen molar-refractivity contribution in [1.29, 1.82) is 0 Å². The SMILES string of the molecule is CC(C)Oc1cc(N)cc(NCC2CCOC2)c1. The lowest BCUT2D eigenvalue weighted by Gasteiger charge is -2.15. The van der Waals surface area contributed by atoms with Gasteiger partial charge in [0.25, 0.3) is 0 Å². The molecule has 100 valence electrons. The molecule has 1 heterocycles. The van der Waals surface area contributed by atoms with Crippen LogP contribution in [0.4, 0.5) is 11.4 Å². The Morgan fingerprint density at radius 3 is 2.94 bits per heavy atom. The summed E-state index contributed by atoms with van der Waals surface area (Å²) in [4.78, 5) is 0. The van der Waals surface area contributed by atoms with Crippen molar-refractivity contribution >= 4 is 11.4 Å². The highest BCUT2D eigenvalue weighted by molar-refractivity contribution is 5.59. The van der Waals surface area contributed by atoms with Crippen molar-refractivity contribution in [2.75, 3.05) is 30.8 Å². The average molecular weight is 250 g/mol. The Balaban J connectivity index is 1.96. The molecule has 0 aliphatic carbocycles. The molecule has 1 aliphatic rings. The smallest absolute Gasteiger partial charge is 0.123 e. The van der Waals surface area contributed by atoms with Crippen LogP contribution in [-0.2, 0) is 4.74 Å². The third kappa shape index (κ3) is 3.81. The van der Waals surface area contributed by atoms with Crippen LogP contribution in [0.1, 0.15) is 20.3 Å². The molecule has 2 rings (SSSR count). The number of nitrogens with one attached hydrogen (secondary N) is 1. The minimum atomic E-state index is 0.155. The molecule has 1 aromatic carbocycles. The molecule has 0 saturated carbocycles. The van der Waals surface area contributed by atoms with E-state index in [2.05, 4.69) is 5.32 Å². The molecule has 0 spiro atoms. The van der Waals surface area contributed by atoms with E-state index in [9.17, 15) is 0 Å². The van der Waals surface area contributed by atoms with Crippen molar-refractivity contribution in [2.24, 2.45) is 5.92 Å². The number of rotatable bonds is 5. The maximum absolute atomic E-state index is 5.87. The van der Waals surface area contributed by atoms with Crippen LogP contribution in [0.3, 0.4) is 0 Å². The summed E-state index contributed by atoms with van der Waals surface area (Å²) in [7, 11) is 0. The fourth-order valence-electron chi connectivity index (χ4n) is 2.07. The fraction of sp³-hybridized carbons (Fsp3) is 0.571. The molecular weight excluding hydrogens is 228 g/mol. The van der Waals surface area contributed by atoms with Gasteiger partial charge in [-0.2, -0.15) is 0 Å². The molecule has 0 amide bonds. The molecule has 1 saturated heterocycles. The Labute approximate surface area is 108 Å². The Morgan fingerprint density at radius 1 is 1.44 bits per heavy atom. The van der Waals surface area contributed by atoms with Gasteiger partial charge in [0, 0.05) is 42.6 Å². The number of benzene rings is 1. The van der Waals surface area contributed by atoms with Gasteiger partial charge < -0.3 is 20.5 Å². The summed E-state index contributed by atoms with van der Waals surface area (Å²) in [6, 6.07) is 5.78. The van der Waals surface area contributed by atoms with E-state index in [0.717, 1.165) is 43.3 Å². The van der Waals surface area contributed by atoms with E-state index in [1.807, 2.05) is 32.0 Å². The molecule has 1 fully saturated rings. The highest BCUT2D eigenvalue weighted by atomic mass is 16.5. The molecule has 1 aliphatic heterocycles. The molecule has 0 radical (unpaired) electrons. The van der Waals surface area contributed by atoms with Crippen LogP contribution in [0.2, 0.25) is 0 Å². The van der Waals surface area contributed by atoms with E-state index in [1.54, 1.807) is 0 Å². The van der Waals surface area contributed by atoms with Crippen LogP contribution >= 0.6 is 0 Å². The molecule has 4 heteroatoms. The lowest BCUT2D eigenvalue weighted by Crippen LogP contribution is -2.14. The highest BCUT2D eigenvalue weighted by Gasteiger charge is 2.15. The lowest BCUT2D eigenvalue weighted by molar-refractivity contribution is 0.187. The summed E-state index contributed by atoms with van der Waals surface area (Å²) in [6.07, 6.45) is 1.29. The Hall–Kier alpha value is -1.42. The topological polar surface area (TPSA) is 56.5 Å². The first kappa shape index (κ1) is 13.0. The predicted octanol–water partition coefficient (Wildman–Crippen LogP) is 2.50. The van der Waals surface area contributed by atoms with Gasteiger partial charge in [0.1, 0.15) is 5.75 Å². The highest BCUT2D eigenvalue weighted by Crippen LogP contribution is 2.24. The standard InChI is InChI=1S/C14H22N2O2/c1-10(2)18-14-6-12(15)5-13(7-14)16-8-11-3-4-17-9-11/h5-7,10-11,16H,3-4,8-9,15H2,1-2H3. The molecule has 1 atom stereocenters. The predicted molar refractivity (Wildman–Crippen MR) is 74.0 cm³/mol. The van der Waals surface area contributed by atoms with Crippen molar-refractivity contribution in [1.82, 2.24) is 0 Å². The molecule has 1 unspecified atom stereocenters. The van der Waals surface area contributed by atoms with Gasteiger partial charge in [0.05, 0.1) is 12.7 Å². The third-order valence-corrected chi connectivity index (χ3v) is 2.92. The second-order valence-electron chi connectivity index (χ2n) is 5.07. The zero-order valence-corrected chi connectivity index (χ0v) is 11.1. The summed E-state index contributed by atoms with van der Waals surface area (Å²) >= 11 is 0. The number of nitrogens with two attached hydrogens (primary N) is 1. The summed E-state index contributed by atoms with van der Waals surface area (Å²) in [5.41, 5.74) is 7.61. The van der Waals surface area contributed by atoms with E-state index >= 15 is 0 Å². The number of hydrogen-bond donors (Lipinski definition) is 2. The Kier molecular flexibility index (Phi) is 4.31. The van der Waals surface area contributed by atoms with Crippen molar-refractivity contribution in [3.8, 4) is 5.75 Å². The van der Waals surface area contributed by atoms with Gasteiger partial charge in [-0.25, -0.2) is 0 Å². The first-order valence-electron chi connectivity index (χ1n) is 6.52. The molecule has 0 aromatic heterocycles. The summed E-state index contributed by atoms with van der Waals surface area (Å²) < 4.78 is 11.0. The van der Waals surface area contributed by atoms with Crippen molar-refractivity contribution < 1.29 is 9.47 Å². The van der Waals surface area contributed by atoms with Gasteiger partial charge in [-0.05, 0) is 26.3 Å². The van der Waals surface area contributed by atoms with Gasteiger partial charge in [-0.15, -0.1) is 0 Å². The number of nitrogen functional groups attached to an aromatic ring is 1. The molecule has 4 nitrogen and oxygen atoms in total. The zero-order chi connectivity index (χ0) is 13.0. The number of hydrogen-bond acceptors (Lipinski definition) is 4. The second kappa shape index (κ2) is 5.96. The van der Waals surface area contributed by atoms with E-state index in [-0.39, 0.29) is 6.10 Å². The molecular formula is C14H22N2O2. The maximum Gasteiger partial charge on any atom is 0.123 e. The van der Waals surface area contributed by atoms with Crippen LogP contribution in [-0.4, -0.2) is 25.9 Å². The monoisotopic (exact) mass is 250 g/mol. The fourth-order valence-corrected chi connectivity index (χ4v) is 2.07. The minimum Gasteiger partial charge on any atom is -0.491 e. The summed E-state index contributed by atoms with van der Waals surface area (Å²) in [6.45, 7) is 6.67. The van der Waals surface area contributed by atoms with Gasteiger partial charge in [-0.1, -0.05) is 0 Å². The number of anilines is 2. The van der Waals surface area contributed by atoms with Crippen LogP contribution in [0.5, 0.6) is 5.75 Å². The summed E-state index contributed by atoms with van der Waals surface area (Å²) in [5.74, 6) is 1.41. The normalized spacial score (nSPS) is 19.2. The largest absolute Gasteiger partial charge is 0.491 e. The molecule has 0 bridgehead atoms. The minimum absolute atomic E-state index is 0.155. The van der Waals surface area contributed by atoms with E-state index in [4.69, 9.17) is 15.2 Å². The molecule has 18 heavy (non-hydrogen) atoms. The molecule has 1 aromatic rings. The van der Waals surface area contributed by atoms with Crippen LogP contribution in [0.15, 0.2) is 18.2 Å². The second-order valence-corrected chi connectivity index (χ2v) is 5.07. The average Bonchev–Trinajstić information content (AvgIpc) is 2.77. The third-order valence-electron chi connectivity index (χ3n) is 2.92. The van der Waals surface area contributed by atoms with Crippen LogP contribution in [0, 0.1) is 5.92 Å². The first-order chi connectivity index (χ1) is 8.63.